The average molecular weight is 273 g/mol. The van der Waals surface area contributed by atoms with Gasteiger partial charge in [-0.2, -0.15) is 0 Å². The van der Waals surface area contributed by atoms with E-state index in [0.29, 0.717) is 0 Å². The molecule has 2 aromatic rings. The van der Waals surface area contributed by atoms with Gasteiger partial charge in [0.1, 0.15) is 12.4 Å². The summed E-state index contributed by atoms with van der Waals surface area (Å²) in [5.41, 5.74) is 7.64. The minimum atomic E-state index is -0.619. The van der Waals surface area contributed by atoms with Gasteiger partial charge >= 0.3 is 5.97 Å². The van der Waals surface area contributed by atoms with Gasteiger partial charge in [-0.05, 0) is 35.7 Å². The first-order valence-corrected chi connectivity index (χ1v) is 6.40. The Morgan fingerprint density at radius 3 is 2.40 bits per heavy atom. The fourth-order valence-electron chi connectivity index (χ4n) is 1.76. The highest BCUT2D eigenvalue weighted by Crippen LogP contribution is 2.14. The number of carbonyl (C=O) groups excluding carboxylic acids is 1. The highest BCUT2D eigenvalue weighted by molar-refractivity contribution is 5.89. The van der Waals surface area contributed by atoms with E-state index in [4.69, 9.17) is 10.5 Å². The van der Waals surface area contributed by atoms with Gasteiger partial charge < -0.3 is 10.5 Å². The Morgan fingerprint density at radius 1 is 1.15 bits per heavy atom. The largest absolute Gasteiger partial charge is 0.457 e. The minimum absolute atomic E-state index is 0.0108. The molecule has 104 valence electrons. The van der Waals surface area contributed by atoms with Gasteiger partial charge in [0.25, 0.3) is 0 Å². The van der Waals surface area contributed by atoms with Crippen LogP contribution in [0.4, 0.5) is 10.1 Å². The van der Waals surface area contributed by atoms with Crippen LogP contribution in [0.25, 0.3) is 0 Å². The van der Waals surface area contributed by atoms with Crippen molar-refractivity contribution >= 4 is 11.7 Å². The van der Waals surface area contributed by atoms with Gasteiger partial charge in [-0.3, -0.25) is 0 Å². The van der Waals surface area contributed by atoms with Gasteiger partial charge in [-0.1, -0.05) is 31.2 Å². The molecule has 0 aliphatic heterocycles. The topological polar surface area (TPSA) is 52.3 Å². The summed E-state index contributed by atoms with van der Waals surface area (Å²) in [5.74, 6) is -1.18. The summed E-state index contributed by atoms with van der Waals surface area (Å²) < 4.78 is 18.4. The average Bonchev–Trinajstić information content (AvgIpc) is 2.48. The molecule has 4 heteroatoms. The number of halogens is 1. The van der Waals surface area contributed by atoms with Crippen molar-refractivity contribution in [2.75, 3.05) is 5.73 Å². The predicted octanol–water partition coefficient (Wildman–Crippen LogP) is 3.33. The molecule has 0 radical (unpaired) electrons. The van der Waals surface area contributed by atoms with Gasteiger partial charge in [0.15, 0.2) is 0 Å². The van der Waals surface area contributed by atoms with Crippen LogP contribution < -0.4 is 5.73 Å². The fraction of sp³-hybridized carbons (Fsp3) is 0.188. The van der Waals surface area contributed by atoms with Crippen LogP contribution in [-0.4, -0.2) is 5.97 Å². The molecule has 20 heavy (non-hydrogen) atoms. The molecule has 2 aromatic carbocycles. The van der Waals surface area contributed by atoms with Crippen molar-refractivity contribution in [2.24, 2.45) is 0 Å². The Kier molecular flexibility index (Phi) is 4.35. The monoisotopic (exact) mass is 273 g/mol. The summed E-state index contributed by atoms with van der Waals surface area (Å²) in [7, 11) is 0. The van der Waals surface area contributed by atoms with Gasteiger partial charge in [0.2, 0.25) is 0 Å². The second kappa shape index (κ2) is 6.19. The maximum atomic E-state index is 13.3. The zero-order chi connectivity index (χ0) is 14.5. The molecule has 3 nitrogen and oxygen atoms in total. The van der Waals surface area contributed by atoms with E-state index >= 15 is 0 Å². The van der Waals surface area contributed by atoms with Crippen LogP contribution >= 0.6 is 0 Å². The van der Waals surface area contributed by atoms with E-state index in [9.17, 15) is 9.18 Å². The molecular weight excluding hydrogens is 257 g/mol. The van der Waals surface area contributed by atoms with Gasteiger partial charge in [-0.15, -0.1) is 0 Å². The number of rotatable bonds is 4. The van der Waals surface area contributed by atoms with Crippen molar-refractivity contribution in [3.63, 3.8) is 0 Å². The van der Waals surface area contributed by atoms with E-state index < -0.39 is 11.8 Å². The molecule has 0 aliphatic carbocycles. The number of anilines is 1. The van der Waals surface area contributed by atoms with Crippen LogP contribution in [0, 0.1) is 5.82 Å². The second-order valence-corrected chi connectivity index (χ2v) is 4.48. The number of nitrogens with two attached hydrogens (primary N) is 1. The van der Waals surface area contributed by atoms with Crippen LogP contribution in [-0.2, 0) is 17.8 Å². The van der Waals surface area contributed by atoms with Crippen molar-refractivity contribution in [3.05, 3.63) is 65.0 Å². The van der Waals surface area contributed by atoms with E-state index in [1.807, 2.05) is 24.3 Å². The molecule has 0 amide bonds. The number of aryl methyl sites for hydroxylation is 1. The third-order valence-corrected chi connectivity index (χ3v) is 3.04. The lowest BCUT2D eigenvalue weighted by molar-refractivity contribution is 0.0472. The first-order valence-electron chi connectivity index (χ1n) is 6.40. The first kappa shape index (κ1) is 14.1. The van der Waals surface area contributed by atoms with Gasteiger partial charge in [0.05, 0.1) is 11.3 Å². The van der Waals surface area contributed by atoms with E-state index in [1.54, 1.807) is 0 Å². The second-order valence-electron chi connectivity index (χ2n) is 4.48. The summed E-state index contributed by atoms with van der Waals surface area (Å²) >= 11 is 0. The van der Waals surface area contributed by atoms with Crippen molar-refractivity contribution in [2.45, 2.75) is 20.0 Å². The molecule has 0 bridgehead atoms. The van der Waals surface area contributed by atoms with Crippen LogP contribution in [0.15, 0.2) is 42.5 Å². The van der Waals surface area contributed by atoms with E-state index in [1.165, 1.54) is 17.7 Å². The molecule has 0 atom stereocenters. The lowest BCUT2D eigenvalue weighted by atomic mass is 10.1. The quantitative estimate of drug-likeness (QED) is 0.686. The highest BCUT2D eigenvalue weighted by Gasteiger charge is 2.10. The summed E-state index contributed by atoms with van der Waals surface area (Å²) in [6.45, 7) is 2.24. The Labute approximate surface area is 117 Å². The van der Waals surface area contributed by atoms with Crippen LogP contribution in [0.3, 0.4) is 0 Å². The Hall–Kier alpha value is -2.36. The van der Waals surface area contributed by atoms with Gasteiger partial charge in [0, 0.05) is 0 Å². The van der Waals surface area contributed by atoms with Crippen molar-refractivity contribution < 1.29 is 13.9 Å². The Bertz CT molecular complexity index is 608. The minimum Gasteiger partial charge on any atom is -0.457 e. The molecule has 0 unspecified atom stereocenters. The number of hydrogen-bond acceptors (Lipinski definition) is 3. The third kappa shape index (κ3) is 3.35. The SMILES string of the molecule is CCc1ccc(COC(=O)c2ccc(N)c(F)c2)cc1. The first-order chi connectivity index (χ1) is 9.60. The number of nitrogen functional groups attached to an aromatic ring is 1. The van der Waals surface area contributed by atoms with Crippen molar-refractivity contribution in [1.82, 2.24) is 0 Å². The lowest BCUT2D eigenvalue weighted by Gasteiger charge is -2.06. The van der Waals surface area contributed by atoms with Crippen LogP contribution in [0.1, 0.15) is 28.4 Å². The molecule has 0 heterocycles. The summed E-state index contributed by atoms with van der Waals surface area (Å²) in [6, 6.07) is 11.7. The molecule has 0 aromatic heterocycles. The van der Waals surface area contributed by atoms with Crippen LogP contribution in [0.2, 0.25) is 0 Å². The standard InChI is InChI=1S/C16H16FNO2/c1-2-11-3-5-12(6-4-11)10-20-16(19)13-7-8-15(18)14(17)9-13/h3-9H,2,10,18H2,1H3. The maximum Gasteiger partial charge on any atom is 0.338 e. The molecule has 0 saturated heterocycles. The number of hydrogen-bond donors (Lipinski definition) is 1. The Morgan fingerprint density at radius 2 is 1.80 bits per heavy atom. The maximum absolute atomic E-state index is 13.3. The summed E-state index contributed by atoms with van der Waals surface area (Å²) in [6.07, 6.45) is 0.963. The van der Waals surface area contributed by atoms with Gasteiger partial charge in [-0.25, -0.2) is 9.18 Å². The highest BCUT2D eigenvalue weighted by atomic mass is 19.1. The van der Waals surface area contributed by atoms with Crippen LogP contribution in [0.5, 0.6) is 0 Å². The van der Waals surface area contributed by atoms with E-state index in [0.717, 1.165) is 18.1 Å². The smallest absolute Gasteiger partial charge is 0.338 e. The molecule has 2 N–H and O–H groups in total. The zero-order valence-corrected chi connectivity index (χ0v) is 11.2. The molecule has 0 spiro atoms. The number of esters is 1. The summed E-state index contributed by atoms with van der Waals surface area (Å²) in [5, 5.41) is 0. The fourth-order valence-corrected chi connectivity index (χ4v) is 1.76. The number of carbonyl (C=O) groups is 1. The number of ether oxygens (including phenoxy) is 1. The lowest BCUT2D eigenvalue weighted by Crippen LogP contribution is -2.06. The molecule has 0 fully saturated rings. The predicted molar refractivity (Wildman–Crippen MR) is 75.8 cm³/mol. The third-order valence-electron chi connectivity index (χ3n) is 3.04. The Balaban J connectivity index is 1.98. The van der Waals surface area contributed by atoms with Crippen molar-refractivity contribution in [1.29, 1.82) is 0 Å². The molecule has 2 rings (SSSR count). The number of benzene rings is 2. The van der Waals surface area contributed by atoms with E-state index in [-0.39, 0.29) is 17.9 Å². The zero-order valence-electron chi connectivity index (χ0n) is 11.2. The normalized spacial score (nSPS) is 10.3. The molecule has 0 aliphatic rings. The van der Waals surface area contributed by atoms with E-state index in [2.05, 4.69) is 6.92 Å². The summed E-state index contributed by atoms with van der Waals surface area (Å²) in [4.78, 5) is 11.8. The molecule has 0 saturated carbocycles. The molecular formula is C16H16FNO2. The van der Waals surface area contributed by atoms with Crippen molar-refractivity contribution in [3.8, 4) is 0 Å².